The summed E-state index contributed by atoms with van der Waals surface area (Å²) < 4.78 is 26.7. The SMILES string of the molecule is CC1(C)[C@@H]2C[C@H]3OB([C@@H]4CCCN4C(=O)CNC(=O)NC45CC(CCCN6CCN(C(=O)CC[C@H](NC(=O)CN7CCN(CC(=O)O)CCN(CC(=O)O)CCN(CC(=O)O)CC7)C(=O)N7CCN(CCCC89CC(NC(=O)NCC(=O)N%10CCC[C@H]%10B%10O[C@@H]%11C[C@@H]%12C[C@@H](C%12(C)C)[C@]%11(C)O%10)(C8)C9)CC7)CC6)(C4)C5)O[C@@]3(C)[C@H]1C2. The maximum Gasteiger partial charge on any atom is 0.481 e. The number of carboxylic acid groups (broad SMARTS) is 3. The molecule has 0 spiro atoms. The highest BCUT2D eigenvalue weighted by molar-refractivity contribution is 6.48. The van der Waals surface area contributed by atoms with Gasteiger partial charge in [0, 0.05) is 135 Å². The number of aliphatic carboxylic acids is 3. The molecular formula is C79H127B2N15O17. The van der Waals surface area contributed by atoms with Crippen molar-refractivity contribution in [2.45, 2.75) is 222 Å². The van der Waals surface area contributed by atoms with Crippen molar-refractivity contribution >= 4 is 73.7 Å². The van der Waals surface area contributed by atoms with Gasteiger partial charge in [0.25, 0.3) is 0 Å². The van der Waals surface area contributed by atoms with E-state index in [1.807, 2.05) is 19.6 Å². The summed E-state index contributed by atoms with van der Waals surface area (Å²) in [4.78, 5) is 152. The molecule has 0 aromatic carbocycles. The fourth-order valence-corrected chi connectivity index (χ4v) is 24.7. The van der Waals surface area contributed by atoms with Gasteiger partial charge in [-0.3, -0.25) is 67.8 Å². The summed E-state index contributed by atoms with van der Waals surface area (Å²) in [6.07, 6.45) is 17.3. The predicted octanol–water partition coefficient (Wildman–Crippen LogP) is 1.54. The van der Waals surface area contributed by atoms with Gasteiger partial charge >= 0.3 is 44.2 Å². The summed E-state index contributed by atoms with van der Waals surface area (Å²) in [5.74, 6) is -2.47. The van der Waals surface area contributed by atoms with Crippen LogP contribution in [0, 0.1) is 45.3 Å². The standard InChI is InChI=1S/C79H127B2N15O17/c1-72(2)53-37-56(72)74(5)58(39-53)110-80(112-74)60-11-7-19-95(60)64(99)41-82-70(108)85-78-47-76(48-78,49-78)15-9-17-87-29-33-93(34-30-87)63(98)14-13-55(84-62(97)43-89-21-23-90(44-66(101)102)25-27-92(46-68(105)106)28-26-91(24-22-89)45-67(103)104)69(107)94-35-31-88(32-36-94)18-10-16-77-50-79(51-77,52-77)86-71(109)83-42-65(100)96-20-8-12-61(96)81-111-59-40-54-38-57(73(54,3)4)75(59,6)113-81/h53-61H,7-52H2,1-6H3,(H,84,97)(H,101,102)(H,103,104)(H,105,106)(H2,82,85,108)(H2,83,86,109)/t53-,54-,55-,56-,57-,58+,59+,60-,61-,74-,75-,76?,77?,78?,79?/m0/s1. The van der Waals surface area contributed by atoms with Crippen LogP contribution < -0.4 is 26.6 Å². The molecule has 0 unspecified atom stereocenters. The first-order chi connectivity index (χ1) is 53.7. The van der Waals surface area contributed by atoms with Gasteiger partial charge in [-0.2, -0.15) is 0 Å². The van der Waals surface area contributed by atoms with Crippen molar-refractivity contribution in [1.82, 2.24) is 75.6 Å². The molecule has 9 amide bonds. The Kier molecular flexibility index (Phi) is 23.5. The number of carbonyl (C=O) groups excluding carboxylic acids is 7. The van der Waals surface area contributed by atoms with E-state index >= 15 is 0 Å². The zero-order chi connectivity index (χ0) is 79.8. The van der Waals surface area contributed by atoms with Crippen LogP contribution >= 0.6 is 0 Å². The normalized spacial score (nSPS) is 36.3. The first-order valence-corrected chi connectivity index (χ1v) is 43.0. The first kappa shape index (κ1) is 82.1. The van der Waals surface area contributed by atoms with E-state index in [4.69, 9.17) is 18.6 Å². The molecule has 11 atom stereocenters. The number of amides is 9. The smallest absolute Gasteiger partial charge is 0.480 e. The number of urea groups is 2. The van der Waals surface area contributed by atoms with E-state index in [0.717, 1.165) is 129 Å². The van der Waals surface area contributed by atoms with E-state index < -0.39 is 44.1 Å². The highest BCUT2D eigenvalue weighted by Crippen LogP contribution is 2.71. The Hall–Kier alpha value is -5.97. The molecule has 34 heteroatoms. The zero-order valence-corrected chi connectivity index (χ0v) is 67.9. The molecule has 7 heterocycles. The molecule has 626 valence electrons. The van der Waals surface area contributed by atoms with Gasteiger partial charge in [-0.05, 0) is 194 Å². The third kappa shape index (κ3) is 17.1. The molecule has 12 aliphatic carbocycles. The second-order valence-corrected chi connectivity index (χ2v) is 39.0. The van der Waals surface area contributed by atoms with Crippen LogP contribution in [0.2, 0.25) is 0 Å². The van der Waals surface area contributed by atoms with Crippen LogP contribution in [0.3, 0.4) is 0 Å². The van der Waals surface area contributed by atoms with E-state index in [2.05, 4.69) is 77.9 Å². The van der Waals surface area contributed by atoms with E-state index in [0.29, 0.717) is 89.1 Å². The number of carbonyl (C=O) groups is 10. The van der Waals surface area contributed by atoms with Crippen molar-refractivity contribution in [2.24, 2.45) is 45.3 Å². The maximum atomic E-state index is 14.8. The van der Waals surface area contributed by atoms with E-state index in [1.54, 1.807) is 19.6 Å². The van der Waals surface area contributed by atoms with Gasteiger partial charge < -0.3 is 80.1 Å². The Labute approximate surface area is 666 Å². The summed E-state index contributed by atoms with van der Waals surface area (Å²) in [5.41, 5.74) is -0.369. The van der Waals surface area contributed by atoms with Crippen LogP contribution in [-0.4, -0.2) is 361 Å². The van der Waals surface area contributed by atoms with Gasteiger partial charge in [0.2, 0.25) is 29.5 Å². The topological polar surface area (TPSA) is 361 Å². The lowest BCUT2D eigenvalue weighted by molar-refractivity contribution is -0.199. The molecule has 32 nitrogen and oxygen atoms in total. The van der Waals surface area contributed by atoms with Gasteiger partial charge in [-0.15, -0.1) is 0 Å². The highest BCUT2D eigenvalue weighted by atomic mass is 16.7. The van der Waals surface area contributed by atoms with Crippen molar-refractivity contribution in [2.75, 3.05) is 170 Å². The fourth-order valence-electron chi connectivity index (χ4n) is 24.7. The van der Waals surface area contributed by atoms with Gasteiger partial charge in [0.1, 0.15) is 6.04 Å². The van der Waals surface area contributed by atoms with E-state index in [9.17, 15) is 63.3 Å². The molecule has 19 aliphatic rings. The van der Waals surface area contributed by atoms with Crippen LogP contribution in [0.25, 0.3) is 0 Å². The lowest BCUT2D eigenvalue weighted by Crippen LogP contribution is -2.75. The number of hydrogen-bond acceptors (Lipinski definition) is 20. The molecular weight excluding hydrogens is 1450 g/mol. The van der Waals surface area contributed by atoms with Gasteiger partial charge in [-0.1, -0.05) is 27.7 Å². The average Bonchev–Trinajstić information content (AvgIpc) is 1.36. The lowest BCUT2D eigenvalue weighted by atomic mass is 9.38. The minimum absolute atomic E-state index is 0.0257. The molecule has 0 radical (unpaired) electrons. The van der Waals surface area contributed by atoms with Crippen molar-refractivity contribution in [3.05, 3.63) is 0 Å². The molecule has 7 saturated heterocycles. The summed E-state index contributed by atoms with van der Waals surface area (Å²) in [6.45, 7) is 21.7. The number of piperazine rings is 2. The summed E-state index contributed by atoms with van der Waals surface area (Å²) in [6, 6.07) is -1.66. The molecule has 19 rings (SSSR count). The highest BCUT2D eigenvalue weighted by Gasteiger charge is 2.72. The Balaban J connectivity index is 0.488. The summed E-state index contributed by atoms with van der Waals surface area (Å²) >= 11 is 0. The minimum Gasteiger partial charge on any atom is -0.480 e. The van der Waals surface area contributed by atoms with Gasteiger partial charge in [0.15, 0.2) is 0 Å². The number of carboxylic acids is 3. The third-order valence-electron chi connectivity index (χ3n) is 31.1. The Morgan fingerprint density at radius 3 is 1.20 bits per heavy atom. The van der Waals surface area contributed by atoms with Crippen molar-refractivity contribution < 1.29 is 81.9 Å². The Morgan fingerprint density at radius 2 is 0.823 bits per heavy atom. The number of rotatable bonds is 29. The number of hydrogen-bond donors (Lipinski definition) is 8. The zero-order valence-electron chi connectivity index (χ0n) is 67.9. The molecule has 12 saturated carbocycles. The minimum atomic E-state index is -1.06. The summed E-state index contributed by atoms with van der Waals surface area (Å²) in [5, 5.41) is 44.5. The lowest BCUT2D eigenvalue weighted by Gasteiger charge is -2.71. The van der Waals surface area contributed by atoms with Crippen LogP contribution in [0.1, 0.15) is 170 Å². The maximum absolute atomic E-state index is 14.8. The van der Waals surface area contributed by atoms with Crippen molar-refractivity contribution in [3.63, 3.8) is 0 Å². The molecule has 19 fully saturated rings. The molecule has 7 aliphatic heterocycles. The van der Waals surface area contributed by atoms with Gasteiger partial charge in [0.05, 0.1) is 74.6 Å². The molecule has 113 heavy (non-hydrogen) atoms. The largest absolute Gasteiger partial charge is 0.481 e. The first-order valence-electron chi connectivity index (χ1n) is 43.0. The number of likely N-dealkylation sites (tertiary alicyclic amines) is 2. The quantitative estimate of drug-likeness (QED) is 0.0492. The van der Waals surface area contributed by atoms with Crippen LogP contribution in [0.15, 0.2) is 0 Å². The second kappa shape index (κ2) is 32.4. The molecule has 8 bridgehead atoms. The average molecular weight is 1580 g/mol. The fraction of sp³-hybridized carbons (Fsp3) is 0.873. The number of nitrogens with zero attached hydrogens (tertiary/aromatic N) is 10. The van der Waals surface area contributed by atoms with Gasteiger partial charge in [-0.25, -0.2) is 9.59 Å². The van der Waals surface area contributed by atoms with Crippen LogP contribution in [0.4, 0.5) is 9.59 Å². The van der Waals surface area contributed by atoms with E-state index in [-0.39, 0.29) is 208 Å². The van der Waals surface area contributed by atoms with Crippen molar-refractivity contribution in [1.29, 1.82) is 0 Å². The van der Waals surface area contributed by atoms with Crippen LogP contribution in [-0.2, 0) is 57.0 Å². The number of nitrogens with one attached hydrogen (secondary N) is 5. The summed E-state index contributed by atoms with van der Waals surface area (Å²) in [7, 11) is -0.913. The molecule has 8 N–H and O–H groups in total. The van der Waals surface area contributed by atoms with E-state index in [1.165, 1.54) is 0 Å². The van der Waals surface area contributed by atoms with Crippen molar-refractivity contribution in [3.8, 4) is 0 Å². The second-order valence-electron chi connectivity index (χ2n) is 39.0. The van der Waals surface area contributed by atoms with Crippen LogP contribution in [0.5, 0.6) is 0 Å². The molecule has 0 aromatic heterocycles. The monoisotopic (exact) mass is 1580 g/mol. The molecule has 0 aromatic rings. The Morgan fingerprint density at radius 1 is 0.451 bits per heavy atom. The predicted molar refractivity (Wildman–Crippen MR) is 415 cm³/mol. The third-order valence-corrected chi connectivity index (χ3v) is 31.1. The Bertz CT molecular complexity index is 3530.